The number of hydrogen-bond donors (Lipinski definition) is 0. The zero-order valence-electron chi connectivity index (χ0n) is 24.9. The van der Waals surface area contributed by atoms with E-state index >= 15 is 0 Å². The molecule has 1 aromatic rings. The molecule has 41 heavy (non-hydrogen) atoms. The molecule has 4 aliphatic rings. The lowest BCUT2D eigenvalue weighted by Gasteiger charge is -2.33. The van der Waals surface area contributed by atoms with Crippen molar-refractivity contribution in [2.75, 3.05) is 26.2 Å². The van der Waals surface area contributed by atoms with Crippen LogP contribution in [0.3, 0.4) is 0 Å². The number of rotatable bonds is 15. The molecule has 1 saturated heterocycles. The van der Waals surface area contributed by atoms with Gasteiger partial charge in [-0.1, -0.05) is 32.2 Å². The molecule has 5 heteroatoms. The number of piperidine rings is 1. The topological polar surface area (TPSA) is 55.8 Å². The van der Waals surface area contributed by atoms with Gasteiger partial charge in [-0.25, -0.2) is 0 Å². The average molecular weight is 558 g/mol. The van der Waals surface area contributed by atoms with E-state index in [2.05, 4.69) is 42.9 Å². The van der Waals surface area contributed by atoms with E-state index in [0.29, 0.717) is 37.2 Å². The lowest BCUT2D eigenvalue weighted by atomic mass is 9.73. The second-order valence-corrected chi connectivity index (χ2v) is 12.8. The number of Topliss-reactive ketones (excluding diaryl/α,β-unsaturated/α-hetero) is 1. The first-order valence-electron chi connectivity index (χ1n) is 15.8. The van der Waals surface area contributed by atoms with Crippen LogP contribution in [0.2, 0.25) is 0 Å². The molecule has 0 spiro atoms. The lowest BCUT2D eigenvalue weighted by Crippen LogP contribution is -2.38. The van der Waals surface area contributed by atoms with Crippen molar-refractivity contribution in [3.05, 3.63) is 66.4 Å². The number of benzene rings is 1. The number of likely N-dealkylation sites (tertiary alicyclic amines) is 1. The Bertz CT molecular complexity index is 1190. The summed E-state index contributed by atoms with van der Waals surface area (Å²) in [6, 6.07) is 5.87. The fourth-order valence-corrected chi connectivity index (χ4v) is 7.04. The van der Waals surface area contributed by atoms with Crippen LogP contribution < -0.4 is 4.74 Å². The summed E-state index contributed by atoms with van der Waals surface area (Å²) in [7, 11) is 0. The van der Waals surface area contributed by atoms with Gasteiger partial charge in [-0.15, -0.1) is 5.73 Å². The molecule has 1 aliphatic heterocycles. The first-order valence-corrected chi connectivity index (χ1v) is 15.8. The van der Waals surface area contributed by atoms with Gasteiger partial charge in [0.1, 0.15) is 5.75 Å². The zero-order chi connectivity index (χ0) is 28.8. The first kappa shape index (κ1) is 29.8. The third kappa shape index (κ3) is 7.20. The minimum absolute atomic E-state index is 0.0358. The number of unbranched alkanes of at least 4 members (excludes halogenated alkanes) is 2. The summed E-state index contributed by atoms with van der Waals surface area (Å²) in [6.45, 7) is 13.9. The van der Waals surface area contributed by atoms with E-state index in [1.54, 1.807) is 0 Å². The molecule has 1 heterocycles. The highest BCUT2D eigenvalue weighted by Crippen LogP contribution is 2.59. The molecule has 1 saturated carbocycles. The van der Waals surface area contributed by atoms with E-state index in [4.69, 9.17) is 9.47 Å². The van der Waals surface area contributed by atoms with Crippen LogP contribution in [-0.4, -0.2) is 54.9 Å². The van der Waals surface area contributed by atoms with Crippen LogP contribution >= 0.6 is 0 Å². The van der Waals surface area contributed by atoms with Gasteiger partial charge in [0, 0.05) is 30.6 Å². The summed E-state index contributed by atoms with van der Waals surface area (Å²) in [5.41, 5.74) is 5.69. The average Bonchev–Trinajstić information content (AvgIpc) is 3.40. The number of fused-ring (bicyclic) bond motifs is 1. The minimum atomic E-state index is -0.292. The highest BCUT2D eigenvalue weighted by molar-refractivity contribution is 6.14. The Morgan fingerprint density at radius 3 is 2.56 bits per heavy atom. The third-order valence-electron chi connectivity index (χ3n) is 9.87. The van der Waals surface area contributed by atoms with Crippen molar-refractivity contribution in [2.45, 2.75) is 89.8 Å². The molecular weight excluding hydrogens is 510 g/mol. The van der Waals surface area contributed by atoms with Crippen molar-refractivity contribution in [2.24, 2.45) is 17.3 Å². The van der Waals surface area contributed by atoms with E-state index in [-0.39, 0.29) is 28.8 Å². The van der Waals surface area contributed by atoms with E-state index in [1.165, 1.54) is 12.5 Å². The normalized spacial score (nSPS) is 22.9. The molecule has 0 amide bonds. The second kappa shape index (κ2) is 13.5. The van der Waals surface area contributed by atoms with Crippen LogP contribution in [0.1, 0.15) is 93.5 Å². The highest BCUT2D eigenvalue weighted by Gasteiger charge is 2.52. The SMILES string of the molecule is C=C=C1c2ccc(OCCCCCN3CCC(OC4CC=CC4)CC3)cc2C(=O)C1C(CCC(=O)C=C)C1(C)CC1. The predicted molar refractivity (Wildman–Crippen MR) is 164 cm³/mol. The fourth-order valence-electron chi connectivity index (χ4n) is 7.04. The Morgan fingerprint density at radius 2 is 1.88 bits per heavy atom. The predicted octanol–water partition coefficient (Wildman–Crippen LogP) is 7.37. The summed E-state index contributed by atoms with van der Waals surface area (Å²) in [6.07, 6.45) is 17.7. The highest BCUT2D eigenvalue weighted by atomic mass is 16.5. The largest absolute Gasteiger partial charge is 0.494 e. The molecule has 0 N–H and O–H groups in total. The van der Waals surface area contributed by atoms with Crippen LogP contribution in [0.4, 0.5) is 0 Å². The number of carbonyl (C=O) groups is 2. The lowest BCUT2D eigenvalue weighted by molar-refractivity contribution is -0.115. The molecule has 3 aliphatic carbocycles. The number of nitrogens with zero attached hydrogens (tertiary/aromatic N) is 1. The molecule has 0 bridgehead atoms. The minimum Gasteiger partial charge on any atom is -0.494 e. The summed E-state index contributed by atoms with van der Waals surface area (Å²) < 4.78 is 12.4. The summed E-state index contributed by atoms with van der Waals surface area (Å²) in [5.74, 6) is 0.710. The standard InChI is InChI=1S/C36H47NO4/c1-4-26(38)13-16-33(36(3)19-20-36)34-30(5-2)31-15-14-29(25-32(31)35(34)39)40-24-10-6-9-21-37-22-17-28(18-23-37)41-27-11-7-8-12-27/h4,7-8,14-15,25,27-28,33-34H,1-2,6,9-13,16-24H2,3H3. The second-order valence-electron chi connectivity index (χ2n) is 12.8. The van der Waals surface area contributed by atoms with E-state index in [9.17, 15) is 9.59 Å². The maximum absolute atomic E-state index is 13.8. The number of allylic oxidation sites excluding steroid dienone is 2. The van der Waals surface area contributed by atoms with Gasteiger partial charge >= 0.3 is 0 Å². The number of hydrogen-bond acceptors (Lipinski definition) is 5. The molecule has 220 valence electrons. The van der Waals surface area contributed by atoms with Crippen LogP contribution in [-0.2, 0) is 9.53 Å². The van der Waals surface area contributed by atoms with Crippen molar-refractivity contribution < 1.29 is 19.1 Å². The van der Waals surface area contributed by atoms with Crippen LogP contribution in [0.5, 0.6) is 5.75 Å². The molecule has 1 aromatic carbocycles. The van der Waals surface area contributed by atoms with Crippen molar-refractivity contribution in [3.63, 3.8) is 0 Å². The smallest absolute Gasteiger partial charge is 0.172 e. The Morgan fingerprint density at radius 1 is 1.12 bits per heavy atom. The van der Waals surface area contributed by atoms with Gasteiger partial charge < -0.3 is 14.4 Å². The number of ether oxygens (including phenoxy) is 2. The van der Waals surface area contributed by atoms with Crippen LogP contribution in [0, 0.1) is 17.3 Å². The maximum Gasteiger partial charge on any atom is 0.172 e. The Balaban J connectivity index is 1.06. The molecule has 0 radical (unpaired) electrons. The van der Waals surface area contributed by atoms with Crippen LogP contribution in [0.15, 0.2) is 55.3 Å². The van der Waals surface area contributed by atoms with Crippen molar-refractivity contribution >= 4 is 17.1 Å². The Hall–Kier alpha value is -2.72. The summed E-state index contributed by atoms with van der Waals surface area (Å²) in [5, 5.41) is 0. The number of carbonyl (C=O) groups excluding carboxylic acids is 2. The molecule has 0 aromatic heterocycles. The summed E-state index contributed by atoms with van der Waals surface area (Å²) >= 11 is 0. The van der Waals surface area contributed by atoms with Gasteiger partial charge in [-0.05, 0) is 112 Å². The van der Waals surface area contributed by atoms with Gasteiger partial charge in [0.05, 0.1) is 24.7 Å². The monoisotopic (exact) mass is 557 g/mol. The zero-order valence-corrected chi connectivity index (χ0v) is 24.9. The van der Waals surface area contributed by atoms with Crippen molar-refractivity contribution in [3.8, 4) is 5.75 Å². The molecule has 2 atom stereocenters. The summed E-state index contributed by atoms with van der Waals surface area (Å²) in [4.78, 5) is 28.4. The molecule has 2 fully saturated rings. The molecule has 2 unspecified atom stereocenters. The van der Waals surface area contributed by atoms with Gasteiger partial charge in [0.25, 0.3) is 0 Å². The van der Waals surface area contributed by atoms with Crippen LogP contribution in [0.25, 0.3) is 5.57 Å². The van der Waals surface area contributed by atoms with E-state index in [0.717, 1.165) is 87.9 Å². The maximum atomic E-state index is 13.8. The van der Waals surface area contributed by atoms with Gasteiger partial charge in [0.2, 0.25) is 0 Å². The fraction of sp³-hybridized carbons (Fsp3) is 0.583. The van der Waals surface area contributed by atoms with Crippen molar-refractivity contribution in [1.29, 1.82) is 0 Å². The Labute approximate surface area is 246 Å². The number of ketones is 2. The van der Waals surface area contributed by atoms with E-state index < -0.39 is 0 Å². The first-order chi connectivity index (χ1) is 19.9. The Kier molecular flexibility index (Phi) is 9.80. The molecule has 5 nitrogen and oxygen atoms in total. The molecule has 5 rings (SSSR count). The quantitative estimate of drug-likeness (QED) is 0.0976. The van der Waals surface area contributed by atoms with E-state index in [1.807, 2.05) is 18.2 Å². The molecular formula is C36H47NO4. The van der Waals surface area contributed by atoms with Gasteiger partial charge in [0.15, 0.2) is 11.6 Å². The van der Waals surface area contributed by atoms with Gasteiger partial charge in [-0.3, -0.25) is 9.59 Å². The van der Waals surface area contributed by atoms with Crippen molar-refractivity contribution in [1.82, 2.24) is 4.90 Å². The van der Waals surface area contributed by atoms with Gasteiger partial charge in [-0.2, -0.15) is 0 Å². The third-order valence-corrected chi connectivity index (χ3v) is 9.87.